The molecule has 0 bridgehead atoms. The van der Waals surface area contributed by atoms with Crippen LogP contribution in [0.1, 0.15) is 12.5 Å². The van der Waals surface area contributed by atoms with Crippen LogP contribution in [0.5, 0.6) is 0 Å². The fourth-order valence-electron chi connectivity index (χ4n) is 2.03. The van der Waals surface area contributed by atoms with Crippen molar-refractivity contribution in [1.82, 2.24) is 9.97 Å². The maximum Gasteiger partial charge on any atom is 0.260 e. The average Bonchev–Trinajstić information content (AvgIpc) is 3.04. The van der Waals surface area contributed by atoms with Crippen molar-refractivity contribution in [2.24, 2.45) is 0 Å². The van der Waals surface area contributed by atoms with Crippen LogP contribution in [0.3, 0.4) is 0 Å². The zero-order chi connectivity index (χ0) is 17.1. The summed E-state index contributed by atoms with van der Waals surface area (Å²) in [6, 6.07) is 10.4. The van der Waals surface area contributed by atoms with Gasteiger partial charge in [-0.25, -0.2) is 4.98 Å². The SMILES string of the molecule is C[C@H](Sc1nc2sccc2c(=O)[nH]1)C(=O)Nc1cccc(C#N)c1. The highest BCUT2D eigenvalue weighted by atomic mass is 32.2. The standard InChI is InChI=1S/C16H12N4O2S2/c1-9(13(21)18-11-4-2-3-10(7-11)8-17)24-16-19-14(22)12-5-6-23-15(12)20-16/h2-7,9H,1H3,(H,18,21)(H,19,20,22)/t9-/m0/s1. The molecule has 6 nitrogen and oxygen atoms in total. The van der Waals surface area contributed by atoms with Gasteiger partial charge in [0.2, 0.25) is 5.91 Å². The Morgan fingerprint density at radius 3 is 3.08 bits per heavy atom. The minimum absolute atomic E-state index is 0.210. The number of nitriles is 1. The van der Waals surface area contributed by atoms with Gasteiger partial charge in [-0.2, -0.15) is 5.26 Å². The summed E-state index contributed by atoms with van der Waals surface area (Å²) in [6.45, 7) is 1.73. The number of aromatic nitrogens is 2. The summed E-state index contributed by atoms with van der Waals surface area (Å²) in [5.41, 5.74) is 0.821. The smallest absolute Gasteiger partial charge is 0.260 e. The molecule has 1 amide bonds. The van der Waals surface area contributed by atoms with Crippen LogP contribution in [0.4, 0.5) is 5.69 Å². The van der Waals surface area contributed by atoms with Gasteiger partial charge in [-0.3, -0.25) is 9.59 Å². The van der Waals surface area contributed by atoms with Crippen LogP contribution < -0.4 is 10.9 Å². The predicted molar refractivity (Wildman–Crippen MR) is 95.3 cm³/mol. The molecule has 8 heteroatoms. The van der Waals surface area contributed by atoms with Gasteiger partial charge in [0.05, 0.1) is 22.3 Å². The molecule has 0 saturated heterocycles. The largest absolute Gasteiger partial charge is 0.325 e. The molecule has 24 heavy (non-hydrogen) atoms. The van der Waals surface area contributed by atoms with E-state index in [1.165, 1.54) is 23.1 Å². The lowest BCUT2D eigenvalue weighted by molar-refractivity contribution is -0.115. The molecule has 0 fully saturated rings. The molecule has 0 radical (unpaired) electrons. The van der Waals surface area contributed by atoms with E-state index in [0.717, 1.165) is 0 Å². The number of H-pyrrole nitrogens is 1. The van der Waals surface area contributed by atoms with Crippen LogP contribution in [0, 0.1) is 11.3 Å². The van der Waals surface area contributed by atoms with E-state index in [-0.39, 0.29) is 11.5 Å². The van der Waals surface area contributed by atoms with Crippen LogP contribution in [0.15, 0.2) is 45.7 Å². The summed E-state index contributed by atoms with van der Waals surface area (Å²) < 4.78 is 0. The van der Waals surface area contributed by atoms with Crippen LogP contribution in [-0.4, -0.2) is 21.1 Å². The number of fused-ring (bicyclic) bond motifs is 1. The normalized spacial score (nSPS) is 11.8. The van der Waals surface area contributed by atoms with Crippen LogP contribution in [0.2, 0.25) is 0 Å². The van der Waals surface area contributed by atoms with Gasteiger partial charge in [-0.15, -0.1) is 11.3 Å². The van der Waals surface area contributed by atoms with Gasteiger partial charge in [0.15, 0.2) is 5.16 Å². The Morgan fingerprint density at radius 2 is 2.29 bits per heavy atom. The van der Waals surface area contributed by atoms with Crippen molar-refractivity contribution in [3.63, 3.8) is 0 Å². The Balaban J connectivity index is 1.73. The van der Waals surface area contributed by atoms with Crippen LogP contribution in [0.25, 0.3) is 10.2 Å². The average molecular weight is 356 g/mol. The first-order chi connectivity index (χ1) is 11.6. The summed E-state index contributed by atoms with van der Waals surface area (Å²) in [4.78, 5) is 31.9. The van der Waals surface area contributed by atoms with E-state index in [2.05, 4.69) is 15.3 Å². The summed E-state index contributed by atoms with van der Waals surface area (Å²) in [7, 11) is 0. The second-order valence-electron chi connectivity index (χ2n) is 4.95. The minimum atomic E-state index is -0.462. The quantitative estimate of drug-likeness (QED) is 0.553. The van der Waals surface area contributed by atoms with Gasteiger partial charge in [0.25, 0.3) is 5.56 Å². The van der Waals surface area contributed by atoms with E-state index < -0.39 is 5.25 Å². The summed E-state index contributed by atoms with van der Waals surface area (Å²) in [6.07, 6.45) is 0. The monoisotopic (exact) mass is 356 g/mol. The molecule has 0 unspecified atom stereocenters. The van der Waals surface area contributed by atoms with Gasteiger partial charge < -0.3 is 10.3 Å². The molecule has 120 valence electrons. The van der Waals surface area contributed by atoms with Crippen molar-refractivity contribution in [2.45, 2.75) is 17.3 Å². The lowest BCUT2D eigenvalue weighted by Crippen LogP contribution is -2.23. The maximum absolute atomic E-state index is 12.3. The van der Waals surface area contributed by atoms with Gasteiger partial charge in [-0.1, -0.05) is 17.8 Å². The fraction of sp³-hybridized carbons (Fsp3) is 0.125. The zero-order valence-electron chi connectivity index (χ0n) is 12.6. The molecule has 1 aromatic carbocycles. The Labute approximate surface area is 145 Å². The number of aromatic amines is 1. The van der Waals surface area contributed by atoms with Crippen molar-refractivity contribution in [2.75, 3.05) is 5.32 Å². The molecular weight excluding hydrogens is 344 g/mol. The molecule has 0 spiro atoms. The highest BCUT2D eigenvalue weighted by molar-refractivity contribution is 8.00. The fourth-order valence-corrected chi connectivity index (χ4v) is 3.65. The Hall–Kier alpha value is -2.63. The number of hydrogen-bond donors (Lipinski definition) is 2. The molecule has 0 aliphatic rings. The van der Waals surface area contributed by atoms with Crippen molar-refractivity contribution in [1.29, 1.82) is 5.26 Å². The highest BCUT2D eigenvalue weighted by Gasteiger charge is 2.17. The van der Waals surface area contributed by atoms with E-state index in [1.807, 2.05) is 6.07 Å². The van der Waals surface area contributed by atoms with Gasteiger partial charge in [0, 0.05) is 5.69 Å². The number of carbonyl (C=O) groups excluding carboxylic acids is 1. The van der Waals surface area contributed by atoms with Gasteiger partial charge in [0.1, 0.15) is 4.83 Å². The topological polar surface area (TPSA) is 98.6 Å². The first-order valence-corrected chi connectivity index (χ1v) is 8.78. The number of benzene rings is 1. The summed E-state index contributed by atoms with van der Waals surface area (Å²) in [5, 5.41) is 13.9. The first kappa shape index (κ1) is 16.2. The molecule has 2 N–H and O–H groups in total. The first-order valence-electron chi connectivity index (χ1n) is 7.02. The molecule has 2 aromatic heterocycles. The lowest BCUT2D eigenvalue weighted by Gasteiger charge is -2.11. The number of nitrogens with one attached hydrogen (secondary N) is 2. The number of anilines is 1. The second-order valence-corrected chi connectivity index (χ2v) is 7.18. The minimum Gasteiger partial charge on any atom is -0.325 e. The summed E-state index contributed by atoms with van der Waals surface area (Å²) in [5.74, 6) is -0.232. The van der Waals surface area contributed by atoms with Crippen LogP contribution in [-0.2, 0) is 4.79 Å². The number of amides is 1. The molecule has 0 aliphatic heterocycles. The molecule has 0 aliphatic carbocycles. The van der Waals surface area contributed by atoms with E-state index in [4.69, 9.17) is 5.26 Å². The molecular formula is C16H12N4O2S2. The number of nitrogens with zero attached hydrogens (tertiary/aromatic N) is 2. The lowest BCUT2D eigenvalue weighted by atomic mass is 10.2. The second kappa shape index (κ2) is 6.86. The predicted octanol–water partition coefficient (Wildman–Crippen LogP) is 2.98. The maximum atomic E-state index is 12.3. The molecule has 1 atom stereocenters. The third-order valence-electron chi connectivity index (χ3n) is 3.23. The summed E-state index contributed by atoms with van der Waals surface area (Å²) >= 11 is 2.56. The van der Waals surface area contributed by atoms with E-state index >= 15 is 0 Å². The Morgan fingerprint density at radius 1 is 1.46 bits per heavy atom. The van der Waals surface area contributed by atoms with Gasteiger partial charge in [-0.05, 0) is 36.6 Å². The van der Waals surface area contributed by atoms with Crippen molar-refractivity contribution in [3.05, 3.63) is 51.6 Å². The van der Waals surface area contributed by atoms with Crippen LogP contribution >= 0.6 is 23.1 Å². The van der Waals surface area contributed by atoms with Crippen molar-refractivity contribution >= 4 is 44.9 Å². The molecule has 2 heterocycles. The van der Waals surface area contributed by atoms with Gasteiger partial charge >= 0.3 is 0 Å². The number of rotatable bonds is 4. The van der Waals surface area contributed by atoms with Crippen molar-refractivity contribution in [3.8, 4) is 6.07 Å². The number of thiophene rings is 1. The highest BCUT2D eigenvalue weighted by Crippen LogP contribution is 2.23. The number of thioether (sulfide) groups is 1. The van der Waals surface area contributed by atoms with E-state index in [0.29, 0.717) is 26.6 Å². The Kier molecular flexibility index (Phi) is 4.64. The number of hydrogen-bond acceptors (Lipinski definition) is 6. The third kappa shape index (κ3) is 3.48. The third-order valence-corrected chi connectivity index (χ3v) is 5.02. The molecule has 3 aromatic rings. The zero-order valence-corrected chi connectivity index (χ0v) is 14.2. The molecule has 3 rings (SSSR count). The number of carbonyl (C=O) groups is 1. The molecule has 0 saturated carbocycles. The Bertz CT molecular complexity index is 1000. The van der Waals surface area contributed by atoms with E-state index in [9.17, 15) is 9.59 Å². The van der Waals surface area contributed by atoms with E-state index in [1.54, 1.807) is 42.6 Å². The van der Waals surface area contributed by atoms with Crippen molar-refractivity contribution < 1.29 is 4.79 Å².